The largest absolute Gasteiger partial charge is 0.493 e. The van der Waals surface area contributed by atoms with Crippen LogP contribution in [0.1, 0.15) is 11.1 Å². The van der Waals surface area contributed by atoms with E-state index in [0.29, 0.717) is 0 Å². The van der Waals surface area contributed by atoms with Crippen LogP contribution >= 0.6 is 0 Å². The van der Waals surface area contributed by atoms with Crippen LogP contribution in [0.5, 0.6) is 23.0 Å². The molecule has 6 heteroatoms. The zero-order chi connectivity index (χ0) is 24.4. The van der Waals surface area contributed by atoms with Crippen LogP contribution < -0.4 is 28.7 Å². The van der Waals surface area contributed by atoms with Crippen molar-refractivity contribution in [1.82, 2.24) is 9.80 Å². The third-order valence-electron chi connectivity index (χ3n) is 6.29. The van der Waals surface area contributed by atoms with Gasteiger partial charge in [0.15, 0.2) is 23.0 Å². The second kappa shape index (κ2) is 12.3. The Kier molecular flexibility index (Phi) is 9.19. The topological polar surface area (TPSA) is 49.0 Å². The lowest BCUT2D eigenvalue weighted by Gasteiger charge is -2.35. The zero-order valence-electron chi connectivity index (χ0n) is 21.0. The third kappa shape index (κ3) is 6.43. The SMILES string of the molecule is COc1ccc(CC[N+](C)(CCNCc2ccccc2)c2ccc(OC)c(OC)c2)cc1OC. The maximum absolute atomic E-state index is 5.59. The van der Waals surface area contributed by atoms with Crippen LogP contribution in [0, 0.1) is 0 Å². The molecule has 182 valence electrons. The number of likely N-dealkylation sites (N-methyl/N-ethyl adjacent to an activating group) is 1. The number of hydrogen-bond acceptors (Lipinski definition) is 5. The summed E-state index contributed by atoms with van der Waals surface area (Å²) in [5.74, 6) is 2.98. The van der Waals surface area contributed by atoms with Gasteiger partial charge in [-0.15, -0.1) is 0 Å². The second-order valence-electron chi connectivity index (χ2n) is 8.48. The smallest absolute Gasteiger partial charge is 0.166 e. The molecule has 1 atom stereocenters. The minimum absolute atomic E-state index is 0.736. The average molecular weight is 466 g/mol. The summed E-state index contributed by atoms with van der Waals surface area (Å²) < 4.78 is 22.7. The highest BCUT2D eigenvalue weighted by molar-refractivity contribution is 5.54. The van der Waals surface area contributed by atoms with Gasteiger partial charge in [-0.2, -0.15) is 0 Å². The van der Waals surface area contributed by atoms with Crippen LogP contribution in [0.15, 0.2) is 66.7 Å². The van der Waals surface area contributed by atoms with Gasteiger partial charge in [-0.05, 0) is 29.3 Å². The molecule has 0 aliphatic heterocycles. The maximum Gasteiger partial charge on any atom is 0.166 e. The molecule has 6 nitrogen and oxygen atoms in total. The molecule has 0 saturated carbocycles. The Balaban J connectivity index is 1.78. The molecule has 0 aromatic heterocycles. The Hall–Kier alpha value is -3.22. The fourth-order valence-electron chi connectivity index (χ4n) is 4.10. The number of ether oxygens (including phenoxy) is 4. The summed E-state index contributed by atoms with van der Waals surface area (Å²) in [4.78, 5) is 0. The van der Waals surface area contributed by atoms with Crippen molar-refractivity contribution in [3.05, 3.63) is 77.9 Å². The number of benzene rings is 3. The third-order valence-corrected chi connectivity index (χ3v) is 6.29. The first kappa shape index (κ1) is 25.4. The van der Waals surface area contributed by atoms with E-state index in [9.17, 15) is 0 Å². The Morgan fingerprint density at radius 1 is 0.647 bits per heavy atom. The van der Waals surface area contributed by atoms with E-state index < -0.39 is 0 Å². The highest BCUT2D eigenvalue weighted by Gasteiger charge is 2.26. The van der Waals surface area contributed by atoms with Crippen LogP contribution in [-0.2, 0) is 13.0 Å². The molecule has 1 N–H and O–H groups in total. The van der Waals surface area contributed by atoms with Crippen molar-refractivity contribution >= 4 is 5.69 Å². The Morgan fingerprint density at radius 3 is 1.91 bits per heavy atom. The van der Waals surface area contributed by atoms with Gasteiger partial charge in [0, 0.05) is 31.6 Å². The van der Waals surface area contributed by atoms with E-state index in [-0.39, 0.29) is 0 Å². The number of rotatable bonds is 13. The Morgan fingerprint density at radius 2 is 1.26 bits per heavy atom. The van der Waals surface area contributed by atoms with E-state index in [0.717, 1.165) is 60.1 Å². The van der Waals surface area contributed by atoms with E-state index in [1.54, 1.807) is 28.4 Å². The van der Waals surface area contributed by atoms with Crippen LogP contribution in [0.3, 0.4) is 0 Å². The van der Waals surface area contributed by atoms with Gasteiger partial charge < -0.3 is 24.3 Å². The Bertz CT molecular complexity index is 1040. The number of nitrogens with zero attached hydrogens (tertiary/aromatic N) is 1. The van der Waals surface area contributed by atoms with Gasteiger partial charge in [0.2, 0.25) is 0 Å². The van der Waals surface area contributed by atoms with Crippen molar-refractivity contribution in [1.29, 1.82) is 0 Å². The monoisotopic (exact) mass is 465 g/mol. The first-order valence-electron chi connectivity index (χ1n) is 11.6. The van der Waals surface area contributed by atoms with Crippen LogP contribution in [0.4, 0.5) is 5.69 Å². The molecular formula is C28H37N2O4+. The van der Waals surface area contributed by atoms with Crippen LogP contribution in [0.2, 0.25) is 0 Å². The van der Waals surface area contributed by atoms with E-state index in [1.807, 2.05) is 18.2 Å². The minimum Gasteiger partial charge on any atom is -0.493 e. The van der Waals surface area contributed by atoms with E-state index in [1.165, 1.54) is 16.8 Å². The molecule has 0 spiro atoms. The normalized spacial score (nSPS) is 12.6. The first-order valence-corrected chi connectivity index (χ1v) is 11.6. The molecular weight excluding hydrogens is 428 g/mol. The van der Waals surface area contributed by atoms with Gasteiger partial charge in [0.05, 0.1) is 48.6 Å². The molecule has 3 rings (SSSR count). The lowest BCUT2D eigenvalue weighted by molar-refractivity contribution is 0.322. The molecule has 0 amide bonds. The van der Waals surface area contributed by atoms with Gasteiger partial charge in [-0.3, -0.25) is 4.48 Å². The summed E-state index contributed by atoms with van der Waals surface area (Å²) in [7, 11) is 8.94. The summed E-state index contributed by atoms with van der Waals surface area (Å²) in [5, 5.41) is 3.60. The lowest BCUT2D eigenvalue weighted by atomic mass is 10.1. The summed E-state index contributed by atoms with van der Waals surface area (Å²) in [6.07, 6.45) is 0.893. The maximum atomic E-state index is 5.59. The van der Waals surface area contributed by atoms with Gasteiger partial charge in [-0.1, -0.05) is 36.4 Å². The van der Waals surface area contributed by atoms with Crippen molar-refractivity contribution in [2.24, 2.45) is 0 Å². The molecule has 0 aliphatic carbocycles. The molecule has 0 saturated heterocycles. The molecule has 0 radical (unpaired) electrons. The van der Waals surface area contributed by atoms with E-state index in [2.05, 4.69) is 60.9 Å². The number of methoxy groups -OCH3 is 4. The molecule has 3 aromatic carbocycles. The second-order valence-corrected chi connectivity index (χ2v) is 8.48. The van der Waals surface area contributed by atoms with Gasteiger partial charge in [0.25, 0.3) is 0 Å². The van der Waals surface area contributed by atoms with Crippen molar-refractivity contribution in [3.8, 4) is 23.0 Å². The zero-order valence-corrected chi connectivity index (χ0v) is 21.0. The standard InChI is InChI=1S/C28H37N2O4/c1-30(18-16-29-21-23-9-7-6-8-10-23,24-12-14-26(32-3)28(20-24)34-5)17-15-22-11-13-25(31-2)27(19-22)33-4/h6-14,19-20,29H,15-18,21H2,1-5H3/q+1. The van der Waals surface area contributed by atoms with Crippen molar-refractivity contribution in [2.75, 3.05) is 55.1 Å². The molecule has 0 fully saturated rings. The molecule has 0 aliphatic rings. The van der Waals surface area contributed by atoms with Gasteiger partial charge >= 0.3 is 0 Å². The van der Waals surface area contributed by atoms with Gasteiger partial charge in [0.1, 0.15) is 5.69 Å². The predicted octanol–water partition coefficient (Wildman–Crippen LogP) is 4.69. The molecule has 0 heterocycles. The average Bonchev–Trinajstić information content (AvgIpc) is 2.89. The molecule has 3 aromatic rings. The fraction of sp³-hybridized carbons (Fsp3) is 0.357. The van der Waals surface area contributed by atoms with Gasteiger partial charge in [-0.25, -0.2) is 0 Å². The summed E-state index contributed by atoms with van der Waals surface area (Å²) >= 11 is 0. The first-order chi connectivity index (χ1) is 16.5. The number of nitrogens with one attached hydrogen (secondary N) is 1. The van der Waals surface area contributed by atoms with Crippen molar-refractivity contribution in [3.63, 3.8) is 0 Å². The number of hydrogen-bond donors (Lipinski definition) is 1. The van der Waals surface area contributed by atoms with E-state index in [4.69, 9.17) is 18.9 Å². The highest BCUT2D eigenvalue weighted by Crippen LogP contribution is 2.34. The summed E-state index contributed by atoms with van der Waals surface area (Å²) in [6.45, 7) is 3.57. The van der Waals surface area contributed by atoms with Crippen molar-refractivity contribution < 1.29 is 18.9 Å². The molecule has 0 bridgehead atoms. The van der Waals surface area contributed by atoms with Crippen LogP contribution in [-0.4, -0.2) is 55.1 Å². The lowest BCUT2D eigenvalue weighted by Crippen LogP contribution is -2.50. The summed E-state index contributed by atoms with van der Waals surface area (Å²) in [5.41, 5.74) is 3.67. The predicted molar refractivity (Wildman–Crippen MR) is 138 cm³/mol. The molecule has 34 heavy (non-hydrogen) atoms. The minimum atomic E-state index is 0.736. The Labute approximate surface area is 203 Å². The van der Waals surface area contributed by atoms with Crippen molar-refractivity contribution in [2.45, 2.75) is 13.0 Å². The fourth-order valence-corrected chi connectivity index (χ4v) is 4.10. The number of quaternary nitrogens is 1. The molecule has 1 unspecified atom stereocenters. The van der Waals surface area contributed by atoms with E-state index >= 15 is 0 Å². The van der Waals surface area contributed by atoms with Crippen LogP contribution in [0.25, 0.3) is 0 Å². The quantitative estimate of drug-likeness (QED) is 0.293. The summed E-state index contributed by atoms with van der Waals surface area (Å²) in [6, 6.07) is 22.8. The highest BCUT2D eigenvalue weighted by atomic mass is 16.5.